The molecule has 0 aliphatic carbocycles. The second-order valence-electron chi connectivity index (χ2n) is 4.20. The van der Waals surface area contributed by atoms with Crippen molar-refractivity contribution in [1.29, 1.82) is 0 Å². The Labute approximate surface area is 110 Å². The summed E-state index contributed by atoms with van der Waals surface area (Å²) >= 11 is 0. The number of hydrogen-bond donors (Lipinski definition) is 2. The third-order valence-electron chi connectivity index (χ3n) is 2.91. The number of aromatic nitrogens is 1. The number of nitrogens with one attached hydrogen (secondary N) is 2. The van der Waals surface area contributed by atoms with Gasteiger partial charge in [-0.2, -0.15) is 0 Å². The largest absolute Gasteiger partial charge is 0.371 e. The average Bonchev–Trinajstić information content (AvgIpc) is 2.63. The van der Waals surface area contributed by atoms with Gasteiger partial charge in [-0.05, 0) is 12.5 Å². The molecule has 102 valence electrons. The summed E-state index contributed by atoms with van der Waals surface area (Å²) in [6, 6.07) is 1.32. The van der Waals surface area contributed by atoms with E-state index >= 15 is 0 Å². The molecular weight excluding hydrogens is 251 g/mol. The van der Waals surface area contributed by atoms with Gasteiger partial charge in [-0.25, -0.2) is 9.37 Å². The van der Waals surface area contributed by atoms with Crippen molar-refractivity contribution in [3.05, 3.63) is 23.6 Å². The van der Waals surface area contributed by atoms with Crippen molar-refractivity contribution in [1.82, 2.24) is 15.2 Å². The van der Waals surface area contributed by atoms with E-state index in [2.05, 4.69) is 15.6 Å². The summed E-state index contributed by atoms with van der Waals surface area (Å²) in [6.07, 6.45) is 2.02. The van der Waals surface area contributed by atoms with Gasteiger partial charge < -0.3 is 15.5 Å². The Bertz CT molecular complexity index is 507. The molecular formula is C12H15FN4O2. The van der Waals surface area contributed by atoms with Crippen LogP contribution in [0, 0.1) is 5.82 Å². The quantitative estimate of drug-likeness (QED) is 0.803. The van der Waals surface area contributed by atoms with Crippen LogP contribution in [0.15, 0.2) is 12.3 Å². The highest BCUT2D eigenvalue weighted by Gasteiger charge is 2.24. The van der Waals surface area contributed by atoms with Crippen molar-refractivity contribution in [3.8, 4) is 0 Å². The number of rotatable bonds is 2. The molecule has 1 aromatic rings. The van der Waals surface area contributed by atoms with Crippen molar-refractivity contribution in [2.45, 2.75) is 6.42 Å². The van der Waals surface area contributed by atoms with Crippen molar-refractivity contribution in [2.24, 2.45) is 0 Å². The predicted octanol–water partition coefficient (Wildman–Crippen LogP) is 0.224. The van der Waals surface area contributed by atoms with Crippen LogP contribution in [0.5, 0.6) is 0 Å². The topological polar surface area (TPSA) is 74.3 Å². The van der Waals surface area contributed by atoms with Gasteiger partial charge in [0.15, 0.2) is 11.6 Å². The fourth-order valence-electron chi connectivity index (χ4n) is 1.93. The SMILES string of the molecule is CNc1nccc(C(=O)N2CCCNC(=O)C2)c1F. The van der Waals surface area contributed by atoms with E-state index in [4.69, 9.17) is 0 Å². The second kappa shape index (κ2) is 5.64. The summed E-state index contributed by atoms with van der Waals surface area (Å²) in [5.74, 6) is -1.40. The third kappa shape index (κ3) is 2.81. The zero-order valence-corrected chi connectivity index (χ0v) is 10.6. The molecule has 7 heteroatoms. The molecule has 0 bridgehead atoms. The lowest BCUT2D eigenvalue weighted by Crippen LogP contribution is -2.37. The summed E-state index contributed by atoms with van der Waals surface area (Å²) in [4.78, 5) is 28.8. The number of nitrogens with zero attached hydrogens (tertiary/aromatic N) is 2. The molecule has 0 aromatic carbocycles. The van der Waals surface area contributed by atoms with Gasteiger partial charge in [-0.1, -0.05) is 0 Å². The molecule has 2 rings (SSSR count). The van der Waals surface area contributed by atoms with Gasteiger partial charge in [0, 0.05) is 26.3 Å². The molecule has 19 heavy (non-hydrogen) atoms. The molecule has 0 radical (unpaired) electrons. The fourth-order valence-corrected chi connectivity index (χ4v) is 1.93. The summed E-state index contributed by atoms with van der Waals surface area (Å²) in [5.41, 5.74) is -0.0750. The van der Waals surface area contributed by atoms with Gasteiger partial charge in [-0.3, -0.25) is 9.59 Å². The van der Waals surface area contributed by atoms with Gasteiger partial charge in [0.1, 0.15) is 0 Å². The van der Waals surface area contributed by atoms with E-state index in [0.717, 1.165) is 0 Å². The van der Waals surface area contributed by atoms with Gasteiger partial charge in [0.2, 0.25) is 5.91 Å². The second-order valence-corrected chi connectivity index (χ2v) is 4.20. The van der Waals surface area contributed by atoms with E-state index in [1.807, 2.05) is 0 Å². The van der Waals surface area contributed by atoms with Crippen molar-refractivity contribution < 1.29 is 14.0 Å². The lowest BCUT2D eigenvalue weighted by atomic mass is 10.2. The van der Waals surface area contributed by atoms with Crippen LogP contribution in [0.2, 0.25) is 0 Å². The van der Waals surface area contributed by atoms with E-state index in [9.17, 15) is 14.0 Å². The Morgan fingerprint density at radius 2 is 2.37 bits per heavy atom. The maximum Gasteiger partial charge on any atom is 0.257 e. The van der Waals surface area contributed by atoms with Crippen LogP contribution in [-0.2, 0) is 4.79 Å². The highest BCUT2D eigenvalue weighted by atomic mass is 19.1. The Balaban J connectivity index is 2.25. The maximum absolute atomic E-state index is 14.0. The molecule has 0 unspecified atom stereocenters. The van der Waals surface area contributed by atoms with Crippen LogP contribution >= 0.6 is 0 Å². The molecule has 1 aliphatic rings. The molecule has 0 saturated carbocycles. The molecule has 0 spiro atoms. The van der Waals surface area contributed by atoms with Gasteiger partial charge >= 0.3 is 0 Å². The zero-order valence-electron chi connectivity index (χ0n) is 10.6. The number of hydrogen-bond acceptors (Lipinski definition) is 4. The number of pyridine rings is 1. The molecule has 1 aliphatic heterocycles. The molecule has 1 aromatic heterocycles. The minimum atomic E-state index is -0.695. The zero-order chi connectivity index (χ0) is 13.8. The minimum Gasteiger partial charge on any atom is -0.371 e. The van der Waals surface area contributed by atoms with Crippen LogP contribution in [0.1, 0.15) is 16.8 Å². The summed E-state index contributed by atoms with van der Waals surface area (Å²) in [6.45, 7) is 0.910. The van der Waals surface area contributed by atoms with E-state index in [-0.39, 0.29) is 23.8 Å². The van der Waals surface area contributed by atoms with Crippen molar-refractivity contribution >= 4 is 17.6 Å². The number of carbonyl (C=O) groups is 2. The Morgan fingerprint density at radius 1 is 1.58 bits per heavy atom. The molecule has 6 nitrogen and oxygen atoms in total. The first-order valence-electron chi connectivity index (χ1n) is 6.01. The molecule has 2 amide bonds. The van der Waals surface area contributed by atoms with Crippen LogP contribution in [0.3, 0.4) is 0 Å². The van der Waals surface area contributed by atoms with Crippen LogP contribution in [0.25, 0.3) is 0 Å². The Kier molecular flexibility index (Phi) is 3.94. The number of carbonyl (C=O) groups excluding carboxylic acids is 2. The van der Waals surface area contributed by atoms with E-state index in [1.165, 1.54) is 24.2 Å². The molecule has 1 fully saturated rings. The Hall–Kier alpha value is -2.18. The lowest BCUT2D eigenvalue weighted by Gasteiger charge is -2.19. The highest BCUT2D eigenvalue weighted by Crippen LogP contribution is 2.16. The summed E-state index contributed by atoms with van der Waals surface area (Å²) in [7, 11) is 1.53. The lowest BCUT2D eigenvalue weighted by molar-refractivity contribution is -0.121. The van der Waals surface area contributed by atoms with Gasteiger partial charge in [0.25, 0.3) is 5.91 Å². The molecule has 2 N–H and O–H groups in total. The molecule has 2 heterocycles. The number of anilines is 1. The first-order chi connectivity index (χ1) is 9.13. The highest BCUT2D eigenvalue weighted by molar-refractivity contribution is 5.97. The van der Waals surface area contributed by atoms with Gasteiger partial charge in [0.05, 0.1) is 12.1 Å². The first kappa shape index (κ1) is 13.3. The Morgan fingerprint density at radius 3 is 3.11 bits per heavy atom. The predicted molar refractivity (Wildman–Crippen MR) is 67.3 cm³/mol. The van der Waals surface area contributed by atoms with E-state index in [1.54, 1.807) is 0 Å². The normalized spacial score (nSPS) is 15.7. The van der Waals surface area contributed by atoms with Crippen LogP contribution < -0.4 is 10.6 Å². The smallest absolute Gasteiger partial charge is 0.257 e. The molecule has 0 atom stereocenters. The standard InChI is InChI=1S/C12H15FN4O2/c1-14-11-10(13)8(3-5-16-11)12(19)17-6-2-4-15-9(18)7-17/h3,5H,2,4,6-7H2,1H3,(H,14,16)(H,15,18). The van der Waals surface area contributed by atoms with Crippen molar-refractivity contribution in [3.63, 3.8) is 0 Å². The van der Waals surface area contributed by atoms with Crippen LogP contribution in [-0.4, -0.2) is 48.4 Å². The van der Waals surface area contributed by atoms with E-state index < -0.39 is 11.7 Å². The van der Waals surface area contributed by atoms with E-state index in [0.29, 0.717) is 19.5 Å². The maximum atomic E-state index is 14.0. The molecule has 1 saturated heterocycles. The third-order valence-corrected chi connectivity index (χ3v) is 2.91. The van der Waals surface area contributed by atoms with Gasteiger partial charge in [-0.15, -0.1) is 0 Å². The number of amides is 2. The minimum absolute atomic E-state index is 0.0186. The fraction of sp³-hybridized carbons (Fsp3) is 0.417. The monoisotopic (exact) mass is 266 g/mol. The summed E-state index contributed by atoms with van der Waals surface area (Å²) in [5, 5.41) is 5.25. The summed E-state index contributed by atoms with van der Waals surface area (Å²) < 4.78 is 14.0. The van der Waals surface area contributed by atoms with Crippen LogP contribution in [0.4, 0.5) is 10.2 Å². The average molecular weight is 266 g/mol. The first-order valence-corrected chi connectivity index (χ1v) is 6.01. The van der Waals surface area contributed by atoms with Crippen molar-refractivity contribution in [2.75, 3.05) is 32.0 Å². The number of halogens is 1.